The van der Waals surface area contributed by atoms with Crippen molar-refractivity contribution in [3.05, 3.63) is 35.4 Å². The highest BCUT2D eigenvalue weighted by Crippen LogP contribution is 2.08. The van der Waals surface area contributed by atoms with Crippen LogP contribution in [0.1, 0.15) is 31.4 Å². The monoisotopic (exact) mass is 258 g/mol. The highest BCUT2D eigenvalue weighted by atomic mass is 15.1. The third-order valence-corrected chi connectivity index (χ3v) is 3.21. The number of nitrogens with one attached hydrogen (secondary N) is 1. The van der Waals surface area contributed by atoms with E-state index in [0.29, 0.717) is 0 Å². The standard InChI is InChI=1S/C17H26N2/c1-4-12-18-13-11-16-7-9-17(10-8-16)15-19(6-3)14-5-2/h2,7-10,18H,4,6,11-15H2,1,3H3. The zero-order chi connectivity index (χ0) is 13.9. The fourth-order valence-corrected chi connectivity index (χ4v) is 2.01. The molecule has 0 aliphatic rings. The Labute approximate surface area is 118 Å². The summed E-state index contributed by atoms with van der Waals surface area (Å²) < 4.78 is 0. The molecular formula is C17H26N2. The van der Waals surface area contributed by atoms with Crippen LogP contribution in [0, 0.1) is 12.3 Å². The average molecular weight is 258 g/mol. The van der Waals surface area contributed by atoms with Crippen molar-refractivity contribution in [1.29, 1.82) is 0 Å². The highest BCUT2D eigenvalue weighted by Gasteiger charge is 2.02. The molecule has 1 N–H and O–H groups in total. The van der Waals surface area contributed by atoms with Crippen LogP contribution in [-0.4, -0.2) is 31.1 Å². The molecule has 0 aromatic heterocycles. The summed E-state index contributed by atoms with van der Waals surface area (Å²) in [6.45, 7) is 9.16. The Morgan fingerprint density at radius 3 is 2.37 bits per heavy atom. The van der Waals surface area contributed by atoms with Gasteiger partial charge in [0.05, 0.1) is 6.54 Å². The van der Waals surface area contributed by atoms with E-state index in [-0.39, 0.29) is 0 Å². The number of rotatable bonds is 9. The van der Waals surface area contributed by atoms with Crippen LogP contribution in [0.15, 0.2) is 24.3 Å². The first-order valence-corrected chi connectivity index (χ1v) is 7.24. The van der Waals surface area contributed by atoms with Gasteiger partial charge in [0.15, 0.2) is 0 Å². The van der Waals surface area contributed by atoms with E-state index < -0.39 is 0 Å². The predicted octanol–water partition coefficient (Wildman–Crippen LogP) is 2.68. The molecule has 0 bridgehead atoms. The molecule has 0 saturated carbocycles. The summed E-state index contributed by atoms with van der Waals surface area (Å²) in [5.41, 5.74) is 2.73. The molecule has 1 aromatic rings. The van der Waals surface area contributed by atoms with Gasteiger partial charge in [0.25, 0.3) is 0 Å². The van der Waals surface area contributed by atoms with E-state index in [2.05, 4.69) is 54.3 Å². The van der Waals surface area contributed by atoms with Crippen LogP contribution in [0.4, 0.5) is 0 Å². The smallest absolute Gasteiger partial charge is 0.0601 e. The molecule has 104 valence electrons. The van der Waals surface area contributed by atoms with E-state index in [4.69, 9.17) is 6.42 Å². The first-order chi connectivity index (χ1) is 9.30. The molecule has 0 amide bonds. The molecule has 1 aromatic carbocycles. The fourth-order valence-electron chi connectivity index (χ4n) is 2.01. The molecule has 0 atom stereocenters. The molecule has 19 heavy (non-hydrogen) atoms. The quantitative estimate of drug-likeness (QED) is 0.541. The lowest BCUT2D eigenvalue weighted by molar-refractivity contribution is 0.316. The first kappa shape index (κ1) is 15.8. The van der Waals surface area contributed by atoms with Gasteiger partial charge in [-0.2, -0.15) is 0 Å². The van der Waals surface area contributed by atoms with Crippen LogP contribution in [0.25, 0.3) is 0 Å². The summed E-state index contributed by atoms with van der Waals surface area (Å²) in [5.74, 6) is 2.71. The maximum absolute atomic E-state index is 5.36. The molecule has 0 fully saturated rings. The van der Waals surface area contributed by atoms with Gasteiger partial charge in [-0.05, 0) is 43.6 Å². The van der Waals surface area contributed by atoms with Crippen molar-refractivity contribution in [2.24, 2.45) is 0 Å². The zero-order valence-corrected chi connectivity index (χ0v) is 12.3. The van der Waals surface area contributed by atoms with Crippen molar-refractivity contribution in [1.82, 2.24) is 10.2 Å². The van der Waals surface area contributed by atoms with Crippen molar-refractivity contribution in [2.75, 3.05) is 26.2 Å². The Kier molecular flexibility index (Phi) is 7.97. The molecule has 0 radical (unpaired) electrons. The number of hydrogen-bond donors (Lipinski definition) is 1. The maximum atomic E-state index is 5.36. The predicted molar refractivity (Wildman–Crippen MR) is 83.1 cm³/mol. The van der Waals surface area contributed by atoms with Crippen LogP contribution >= 0.6 is 0 Å². The van der Waals surface area contributed by atoms with Gasteiger partial charge in [-0.25, -0.2) is 0 Å². The Hall–Kier alpha value is -1.30. The van der Waals surface area contributed by atoms with Gasteiger partial charge in [-0.3, -0.25) is 4.90 Å². The number of nitrogens with zero attached hydrogens (tertiary/aromatic N) is 1. The Morgan fingerprint density at radius 1 is 1.11 bits per heavy atom. The van der Waals surface area contributed by atoms with Crippen molar-refractivity contribution < 1.29 is 0 Å². The third kappa shape index (κ3) is 6.42. The van der Waals surface area contributed by atoms with Crippen LogP contribution in [0.2, 0.25) is 0 Å². The zero-order valence-electron chi connectivity index (χ0n) is 12.3. The van der Waals surface area contributed by atoms with Gasteiger partial charge in [0.2, 0.25) is 0 Å². The molecular weight excluding hydrogens is 232 g/mol. The Balaban J connectivity index is 2.40. The van der Waals surface area contributed by atoms with Crippen LogP contribution in [0.3, 0.4) is 0 Å². The molecule has 1 rings (SSSR count). The molecule has 0 aliphatic carbocycles. The van der Waals surface area contributed by atoms with Crippen LogP contribution in [0.5, 0.6) is 0 Å². The minimum absolute atomic E-state index is 0.721. The first-order valence-electron chi connectivity index (χ1n) is 7.24. The molecule has 2 heteroatoms. The van der Waals surface area contributed by atoms with E-state index in [9.17, 15) is 0 Å². The van der Waals surface area contributed by atoms with Gasteiger partial charge >= 0.3 is 0 Å². The SMILES string of the molecule is C#CCN(CC)Cc1ccc(CCNCCC)cc1. The summed E-state index contributed by atoms with van der Waals surface area (Å²) in [6, 6.07) is 8.89. The summed E-state index contributed by atoms with van der Waals surface area (Å²) in [6.07, 6.45) is 7.66. The van der Waals surface area contributed by atoms with E-state index >= 15 is 0 Å². The second-order valence-corrected chi connectivity index (χ2v) is 4.82. The van der Waals surface area contributed by atoms with E-state index in [0.717, 1.165) is 39.1 Å². The third-order valence-electron chi connectivity index (χ3n) is 3.21. The minimum atomic E-state index is 0.721. The molecule has 0 aliphatic heterocycles. The van der Waals surface area contributed by atoms with Gasteiger partial charge in [-0.15, -0.1) is 6.42 Å². The lowest BCUT2D eigenvalue weighted by Gasteiger charge is -2.17. The van der Waals surface area contributed by atoms with E-state index in [1.807, 2.05) is 0 Å². The number of terminal acetylenes is 1. The second kappa shape index (κ2) is 9.61. The fraction of sp³-hybridized carbons (Fsp3) is 0.529. The van der Waals surface area contributed by atoms with Gasteiger partial charge in [0, 0.05) is 6.54 Å². The van der Waals surface area contributed by atoms with Crippen LogP contribution in [-0.2, 0) is 13.0 Å². The molecule has 0 unspecified atom stereocenters. The second-order valence-electron chi connectivity index (χ2n) is 4.82. The van der Waals surface area contributed by atoms with Crippen molar-refractivity contribution in [3.63, 3.8) is 0 Å². The average Bonchev–Trinajstić information content (AvgIpc) is 2.45. The van der Waals surface area contributed by atoms with Gasteiger partial charge in [0.1, 0.15) is 0 Å². The summed E-state index contributed by atoms with van der Waals surface area (Å²) in [4.78, 5) is 2.26. The van der Waals surface area contributed by atoms with Crippen molar-refractivity contribution >= 4 is 0 Å². The Morgan fingerprint density at radius 2 is 1.79 bits per heavy atom. The van der Waals surface area contributed by atoms with E-state index in [1.54, 1.807) is 0 Å². The Bertz CT molecular complexity index is 375. The van der Waals surface area contributed by atoms with Crippen molar-refractivity contribution in [3.8, 4) is 12.3 Å². The molecule has 0 saturated heterocycles. The largest absolute Gasteiger partial charge is 0.316 e. The highest BCUT2D eigenvalue weighted by molar-refractivity contribution is 5.22. The number of benzene rings is 1. The van der Waals surface area contributed by atoms with Gasteiger partial charge < -0.3 is 5.32 Å². The maximum Gasteiger partial charge on any atom is 0.0601 e. The topological polar surface area (TPSA) is 15.3 Å². The normalized spacial score (nSPS) is 10.6. The van der Waals surface area contributed by atoms with Gasteiger partial charge in [-0.1, -0.05) is 44.0 Å². The number of hydrogen-bond acceptors (Lipinski definition) is 2. The molecule has 0 heterocycles. The summed E-state index contributed by atoms with van der Waals surface area (Å²) in [7, 11) is 0. The van der Waals surface area contributed by atoms with E-state index in [1.165, 1.54) is 17.5 Å². The lowest BCUT2D eigenvalue weighted by atomic mass is 10.1. The summed E-state index contributed by atoms with van der Waals surface area (Å²) >= 11 is 0. The summed E-state index contributed by atoms with van der Waals surface area (Å²) in [5, 5.41) is 3.43. The lowest BCUT2D eigenvalue weighted by Crippen LogP contribution is -2.23. The van der Waals surface area contributed by atoms with Crippen molar-refractivity contribution in [2.45, 2.75) is 33.2 Å². The molecule has 0 spiro atoms. The minimum Gasteiger partial charge on any atom is -0.316 e. The molecule has 2 nitrogen and oxygen atoms in total. The van der Waals surface area contributed by atoms with Crippen LogP contribution < -0.4 is 5.32 Å².